The Labute approximate surface area is 162 Å². The number of carbonyl (C=O) groups excluding carboxylic acids is 1. The van der Waals surface area contributed by atoms with Crippen LogP contribution in [0.2, 0.25) is 0 Å². The van der Waals surface area contributed by atoms with Gasteiger partial charge in [0.25, 0.3) is 0 Å². The van der Waals surface area contributed by atoms with Crippen LogP contribution < -0.4 is 0 Å². The number of ketones is 1. The highest BCUT2D eigenvalue weighted by Crippen LogP contribution is 2.43. The van der Waals surface area contributed by atoms with Crippen LogP contribution in [0.25, 0.3) is 0 Å². The molecule has 0 radical (unpaired) electrons. The van der Waals surface area contributed by atoms with Crippen LogP contribution in [-0.2, 0) is 20.9 Å². The first kappa shape index (κ1) is 20.2. The molecule has 4 heteroatoms. The molecule has 4 nitrogen and oxygen atoms in total. The van der Waals surface area contributed by atoms with Gasteiger partial charge in [-0.1, -0.05) is 50.3 Å². The predicted molar refractivity (Wildman–Crippen MR) is 105 cm³/mol. The summed E-state index contributed by atoms with van der Waals surface area (Å²) in [6, 6.07) is 9.86. The van der Waals surface area contributed by atoms with E-state index in [0.29, 0.717) is 6.61 Å². The Bertz CT molecular complexity index is 644. The van der Waals surface area contributed by atoms with Gasteiger partial charge < -0.3 is 14.6 Å². The molecule has 1 spiro atoms. The van der Waals surface area contributed by atoms with Crippen molar-refractivity contribution in [2.45, 2.75) is 58.8 Å². The van der Waals surface area contributed by atoms with E-state index in [9.17, 15) is 9.90 Å². The minimum absolute atomic E-state index is 0.0358. The molecule has 1 aromatic rings. The molecule has 148 valence electrons. The van der Waals surface area contributed by atoms with Crippen LogP contribution >= 0.6 is 0 Å². The van der Waals surface area contributed by atoms with E-state index in [-0.39, 0.29) is 17.1 Å². The molecule has 0 aromatic heterocycles. The quantitative estimate of drug-likeness (QED) is 0.726. The summed E-state index contributed by atoms with van der Waals surface area (Å²) >= 11 is 0. The monoisotopic (exact) mass is 372 g/mol. The third kappa shape index (κ3) is 5.28. The molecule has 0 bridgehead atoms. The maximum atomic E-state index is 12.4. The largest absolute Gasteiger partial charge is 0.381 e. The van der Waals surface area contributed by atoms with Crippen molar-refractivity contribution in [2.24, 2.45) is 16.7 Å². The van der Waals surface area contributed by atoms with E-state index in [2.05, 4.69) is 6.08 Å². The van der Waals surface area contributed by atoms with Crippen LogP contribution in [0.4, 0.5) is 0 Å². The van der Waals surface area contributed by atoms with Gasteiger partial charge in [-0.25, -0.2) is 0 Å². The van der Waals surface area contributed by atoms with Gasteiger partial charge in [0.15, 0.2) is 12.1 Å². The molecule has 1 fully saturated rings. The Hall–Kier alpha value is -1.49. The summed E-state index contributed by atoms with van der Waals surface area (Å²) in [6.45, 7) is 5.97. The highest BCUT2D eigenvalue weighted by Gasteiger charge is 2.39. The first-order chi connectivity index (χ1) is 12.9. The molecule has 2 aliphatic rings. The van der Waals surface area contributed by atoms with Gasteiger partial charge in [0, 0.05) is 24.5 Å². The van der Waals surface area contributed by atoms with Crippen LogP contribution in [-0.4, -0.2) is 30.4 Å². The molecular formula is C23H32O4. The summed E-state index contributed by atoms with van der Waals surface area (Å²) in [5, 5.41) is 10.5. The molecule has 0 saturated carbocycles. The molecule has 1 unspecified atom stereocenters. The fraction of sp³-hybridized carbons (Fsp3) is 0.609. The van der Waals surface area contributed by atoms with Crippen LogP contribution in [0.5, 0.6) is 0 Å². The summed E-state index contributed by atoms with van der Waals surface area (Å²) in [4.78, 5) is 12.4. The number of ether oxygens (including phenoxy) is 2. The number of aliphatic hydroxyl groups excluding tert-OH is 1. The molecule has 1 saturated heterocycles. The number of allylic oxidation sites excluding steroid dienone is 2. The Balaban J connectivity index is 1.52. The van der Waals surface area contributed by atoms with Crippen molar-refractivity contribution in [3.05, 3.63) is 48.0 Å². The van der Waals surface area contributed by atoms with Crippen molar-refractivity contribution < 1.29 is 19.4 Å². The lowest BCUT2D eigenvalue weighted by Crippen LogP contribution is -2.37. The lowest BCUT2D eigenvalue weighted by molar-refractivity contribution is -0.175. The SMILES string of the molecule is CC(C)(CCC1CC2(C=CC1=O)CCOCC2)[C@@H](O)OCc1ccccc1. The lowest BCUT2D eigenvalue weighted by Gasteiger charge is -2.40. The zero-order valence-electron chi connectivity index (χ0n) is 16.5. The zero-order valence-corrected chi connectivity index (χ0v) is 16.5. The van der Waals surface area contributed by atoms with Crippen molar-refractivity contribution in [3.63, 3.8) is 0 Å². The highest BCUT2D eigenvalue weighted by molar-refractivity contribution is 5.92. The van der Waals surface area contributed by atoms with E-state index in [1.807, 2.05) is 44.2 Å². The highest BCUT2D eigenvalue weighted by atomic mass is 16.6. The van der Waals surface area contributed by atoms with Gasteiger partial charge in [-0.05, 0) is 49.2 Å². The summed E-state index contributed by atoms with van der Waals surface area (Å²) in [5.74, 6) is 0.260. The summed E-state index contributed by atoms with van der Waals surface area (Å²) in [5.41, 5.74) is 0.768. The fourth-order valence-corrected chi connectivity index (χ4v) is 4.09. The number of carbonyl (C=O) groups is 1. The normalized spacial score (nSPS) is 23.5. The summed E-state index contributed by atoms with van der Waals surface area (Å²) in [7, 11) is 0. The molecule has 2 atom stereocenters. The topological polar surface area (TPSA) is 55.8 Å². The molecule has 1 aliphatic carbocycles. The number of aliphatic hydroxyl groups is 1. The van der Waals surface area contributed by atoms with E-state index < -0.39 is 11.7 Å². The second-order valence-electron chi connectivity index (χ2n) is 8.79. The van der Waals surface area contributed by atoms with Crippen LogP contribution in [0.15, 0.2) is 42.5 Å². The van der Waals surface area contributed by atoms with E-state index in [0.717, 1.165) is 50.9 Å². The number of rotatable bonds is 7. The average molecular weight is 373 g/mol. The first-order valence-electron chi connectivity index (χ1n) is 10.0. The third-order valence-electron chi connectivity index (χ3n) is 6.20. The van der Waals surface area contributed by atoms with Crippen molar-refractivity contribution in [1.82, 2.24) is 0 Å². The van der Waals surface area contributed by atoms with Gasteiger partial charge in [-0.15, -0.1) is 0 Å². The van der Waals surface area contributed by atoms with Gasteiger partial charge in [0.1, 0.15) is 0 Å². The third-order valence-corrected chi connectivity index (χ3v) is 6.20. The Morgan fingerprint density at radius 2 is 1.96 bits per heavy atom. The van der Waals surface area contributed by atoms with E-state index in [1.54, 1.807) is 6.08 Å². The van der Waals surface area contributed by atoms with Crippen LogP contribution in [0.3, 0.4) is 0 Å². The zero-order chi connectivity index (χ0) is 19.3. The average Bonchev–Trinajstić information content (AvgIpc) is 2.68. The summed E-state index contributed by atoms with van der Waals surface area (Å²) < 4.78 is 11.2. The summed E-state index contributed by atoms with van der Waals surface area (Å²) in [6.07, 6.45) is 7.49. The number of hydrogen-bond donors (Lipinski definition) is 1. The van der Waals surface area contributed by atoms with Crippen molar-refractivity contribution in [1.29, 1.82) is 0 Å². The molecule has 1 aliphatic heterocycles. The molecule has 3 rings (SSSR count). The predicted octanol–water partition coefficient (Wildman–Crippen LogP) is 4.27. The Kier molecular flexibility index (Phi) is 6.51. The van der Waals surface area contributed by atoms with Crippen molar-refractivity contribution >= 4 is 5.78 Å². The molecule has 1 N–H and O–H groups in total. The Morgan fingerprint density at radius 3 is 2.67 bits per heavy atom. The van der Waals surface area contributed by atoms with Gasteiger partial charge in [0.2, 0.25) is 0 Å². The van der Waals surface area contributed by atoms with Crippen molar-refractivity contribution in [2.75, 3.05) is 13.2 Å². The van der Waals surface area contributed by atoms with E-state index in [1.165, 1.54) is 0 Å². The first-order valence-corrected chi connectivity index (χ1v) is 10.0. The van der Waals surface area contributed by atoms with Gasteiger partial charge >= 0.3 is 0 Å². The molecular weight excluding hydrogens is 340 g/mol. The molecule has 1 heterocycles. The molecule has 0 amide bonds. The van der Waals surface area contributed by atoms with E-state index >= 15 is 0 Å². The number of benzene rings is 1. The lowest BCUT2D eigenvalue weighted by atomic mass is 9.67. The Morgan fingerprint density at radius 1 is 1.26 bits per heavy atom. The minimum Gasteiger partial charge on any atom is -0.381 e. The second-order valence-corrected chi connectivity index (χ2v) is 8.79. The van der Waals surface area contributed by atoms with Gasteiger partial charge in [-0.3, -0.25) is 4.79 Å². The van der Waals surface area contributed by atoms with Crippen molar-refractivity contribution in [3.8, 4) is 0 Å². The second kappa shape index (κ2) is 8.68. The van der Waals surface area contributed by atoms with Crippen LogP contribution in [0.1, 0.15) is 51.5 Å². The fourth-order valence-electron chi connectivity index (χ4n) is 4.09. The minimum atomic E-state index is -0.857. The molecule has 27 heavy (non-hydrogen) atoms. The maximum absolute atomic E-state index is 12.4. The standard InChI is InChI=1S/C23H32O4/c1-22(2,21(25)27-17-18-6-4-3-5-7-18)10-8-19-16-23(11-9-20(19)24)12-14-26-15-13-23/h3-7,9,11,19,21,25H,8,10,12-17H2,1-2H3/t19?,21-/m0/s1. The van der Waals surface area contributed by atoms with Gasteiger partial charge in [0.05, 0.1) is 6.61 Å². The van der Waals surface area contributed by atoms with Gasteiger partial charge in [-0.2, -0.15) is 0 Å². The smallest absolute Gasteiger partial charge is 0.160 e. The maximum Gasteiger partial charge on any atom is 0.160 e. The van der Waals surface area contributed by atoms with E-state index in [4.69, 9.17) is 9.47 Å². The molecule has 1 aromatic carbocycles. The van der Waals surface area contributed by atoms with Crippen LogP contribution in [0, 0.1) is 16.7 Å². The number of hydrogen-bond acceptors (Lipinski definition) is 4.